The number of nitrogens with one attached hydrogen (secondary N) is 1. The average molecular weight is 361 g/mol. The topological polar surface area (TPSA) is 83.1 Å². The number of benzene rings is 1. The molecule has 0 aromatic heterocycles. The lowest BCUT2D eigenvalue weighted by Crippen LogP contribution is -2.49. The van der Waals surface area contributed by atoms with E-state index >= 15 is 0 Å². The van der Waals surface area contributed by atoms with Crippen molar-refractivity contribution in [3.8, 4) is 0 Å². The minimum absolute atomic E-state index is 0.0647. The molecule has 1 saturated carbocycles. The van der Waals surface area contributed by atoms with E-state index in [0.717, 1.165) is 5.56 Å². The minimum Gasteiger partial charge on any atom is -0.467 e. The molecule has 1 spiro atoms. The summed E-state index contributed by atoms with van der Waals surface area (Å²) in [6.45, 7) is 0.141. The van der Waals surface area contributed by atoms with Gasteiger partial charge in [0.2, 0.25) is 5.79 Å². The molecule has 7 heteroatoms. The number of hydrogen-bond donors (Lipinski definition) is 1. The van der Waals surface area contributed by atoms with Crippen LogP contribution in [0.1, 0.15) is 31.2 Å². The van der Waals surface area contributed by atoms with Gasteiger partial charge in [-0.15, -0.1) is 0 Å². The van der Waals surface area contributed by atoms with Crippen molar-refractivity contribution in [1.29, 1.82) is 0 Å². The highest BCUT2D eigenvalue weighted by Crippen LogP contribution is 2.39. The predicted molar refractivity (Wildman–Crippen MR) is 91.6 cm³/mol. The summed E-state index contributed by atoms with van der Waals surface area (Å²) in [6.07, 6.45) is 5.05. The molecule has 1 heterocycles. The fraction of sp³-hybridized carbons (Fsp3) is 0.474. The van der Waals surface area contributed by atoms with Crippen molar-refractivity contribution in [1.82, 2.24) is 5.32 Å². The van der Waals surface area contributed by atoms with E-state index < -0.39 is 23.9 Å². The van der Waals surface area contributed by atoms with E-state index in [9.17, 15) is 9.59 Å². The average Bonchev–Trinajstić information content (AvgIpc) is 3.13. The van der Waals surface area contributed by atoms with E-state index in [1.54, 1.807) is 0 Å². The second-order valence-electron chi connectivity index (χ2n) is 6.46. The quantitative estimate of drug-likeness (QED) is 0.812. The summed E-state index contributed by atoms with van der Waals surface area (Å²) >= 11 is 0. The van der Waals surface area contributed by atoms with Crippen LogP contribution in [0.4, 0.5) is 4.79 Å². The molecule has 1 amide bonds. The van der Waals surface area contributed by atoms with E-state index in [-0.39, 0.29) is 12.5 Å². The smallest absolute Gasteiger partial charge is 0.408 e. The molecule has 1 aromatic carbocycles. The second-order valence-corrected chi connectivity index (χ2v) is 6.46. The van der Waals surface area contributed by atoms with Gasteiger partial charge in [-0.05, 0) is 24.3 Å². The van der Waals surface area contributed by atoms with Gasteiger partial charge in [0.15, 0.2) is 0 Å². The van der Waals surface area contributed by atoms with Crippen LogP contribution in [0.2, 0.25) is 0 Å². The highest BCUT2D eigenvalue weighted by molar-refractivity contribution is 5.81. The Morgan fingerprint density at radius 2 is 1.85 bits per heavy atom. The molecule has 0 bridgehead atoms. The van der Waals surface area contributed by atoms with Gasteiger partial charge in [-0.3, -0.25) is 0 Å². The molecule has 1 N–H and O–H groups in total. The van der Waals surface area contributed by atoms with Crippen molar-refractivity contribution in [2.75, 3.05) is 7.11 Å². The molecule has 3 rings (SSSR count). The first-order valence-corrected chi connectivity index (χ1v) is 8.67. The number of carbonyl (C=O) groups excluding carboxylic acids is 2. The van der Waals surface area contributed by atoms with E-state index in [2.05, 4.69) is 5.32 Å². The normalized spacial score (nSPS) is 19.3. The van der Waals surface area contributed by atoms with Crippen LogP contribution in [0.25, 0.3) is 0 Å². The fourth-order valence-electron chi connectivity index (χ4n) is 3.37. The Hall–Kier alpha value is -2.70. The summed E-state index contributed by atoms with van der Waals surface area (Å²) < 4.78 is 21.2. The van der Waals surface area contributed by atoms with Crippen molar-refractivity contribution in [2.45, 2.75) is 44.1 Å². The largest absolute Gasteiger partial charge is 0.467 e. The summed E-state index contributed by atoms with van der Waals surface area (Å²) in [5, 5.41) is 2.65. The Kier molecular flexibility index (Phi) is 5.65. The second kappa shape index (κ2) is 8.12. The molecule has 1 atom stereocenters. The zero-order valence-corrected chi connectivity index (χ0v) is 14.7. The Bertz CT molecular complexity index is 641. The van der Waals surface area contributed by atoms with Crippen LogP contribution in [-0.2, 0) is 30.3 Å². The molecule has 7 nitrogen and oxygen atoms in total. The highest BCUT2D eigenvalue weighted by Gasteiger charge is 2.44. The molecule has 140 valence electrons. The number of ether oxygens (including phenoxy) is 4. The molecule has 0 saturated heterocycles. The van der Waals surface area contributed by atoms with Gasteiger partial charge in [0.25, 0.3) is 0 Å². The molecule has 1 unspecified atom stereocenters. The maximum absolute atomic E-state index is 12.2. The predicted octanol–water partition coefficient (Wildman–Crippen LogP) is 2.86. The number of alkyl carbamates (subject to hydrolysis) is 1. The monoisotopic (exact) mass is 361 g/mol. The van der Waals surface area contributed by atoms with Crippen molar-refractivity contribution in [3.05, 3.63) is 48.4 Å². The van der Waals surface area contributed by atoms with Gasteiger partial charge >= 0.3 is 12.1 Å². The van der Waals surface area contributed by atoms with Crippen LogP contribution in [0, 0.1) is 5.92 Å². The molecule has 1 aliphatic heterocycles. The Morgan fingerprint density at radius 3 is 2.46 bits per heavy atom. The molecular formula is C19H23NO6. The number of carbonyl (C=O) groups is 2. The molecule has 26 heavy (non-hydrogen) atoms. The van der Waals surface area contributed by atoms with Gasteiger partial charge in [0.05, 0.1) is 7.11 Å². The van der Waals surface area contributed by atoms with Crippen LogP contribution >= 0.6 is 0 Å². The summed E-state index contributed by atoms with van der Waals surface area (Å²) in [5.41, 5.74) is 0.875. The Morgan fingerprint density at radius 1 is 1.19 bits per heavy atom. The van der Waals surface area contributed by atoms with E-state index in [0.29, 0.717) is 25.7 Å². The number of esters is 1. The van der Waals surface area contributed by atoms with Crippen LogP contribution in [0.15, 0.2) is 42.9 Å². The van der Waals surface area contributed by atoms with Crippen molar-refractivity contribution >= 4 is 12.1 Å². The lowest BCUT2D eigenvalue weighted by atomic mass is 9.80. The third-order valence-electron chi connectivity index (χ3n) is 4.83. The Labute approximate surface area is 152 Å². The molecular weight excluding hydrogens is 338 g/mol. The maximum atomic E-state index is 12.2. The van der Waals surface area contributed by atoms with Crippen LogP contribution in [0.3, 0.4) is 0 Å². The molecule has 1 aliphatic carbocycles. The highest BCUT2D eigenvalue weighted by atomic mass is 16.7. The van der Waals surface area contributed by atoms with Gasteiger partial charge in [0.1, 0.15) is 25.2 Å². The van der Waals surface area contributed by atoms with Crippen LogP contribution in [0.5, 0.6) is 0 Å². The third-order valence-corrected chi connectivity index (χ3v) is 4.83. The van der Waals surface area contributed by atoms with Crippen molar-refractivity contribution < 1.29 is 28.5 Å². The zero-order valence-electron chi connectivity index (χ0n) is 14.7. The van der Waals surface area contributed by atoms with Gasteiger partial charge in [-0.25, -0.2) is 9.59 Å². The van der Waals surface area contributed by atoms with E-state index in [4.69, 9.17) is 18.9 Å². The lowest BCUT2D eigenvalue weighted by molar-refractivity contribution is -0.172. The van der Waals surface area contributed by atoms with Gasteiger partial charge in [-0.2, -0.15) is 0 Å². The number of hydrogen-bond acceptors (Lipinski definition) is 6. The first-order valence-electron chi connectivity index (χ1n) is 8.67. The van der Waals surface area contributed by atoms with Crippen LogP contribution in [-0.4, -0.2) is 31.0 Å². The molecule has 1 aromatic rings. The number of rotatable bonds is 5. The molecule has 0 radical (unpaired) electrons. The standard InChI is InChI=1S/C19H23NO6/c1-23-17(21)16(15-7-9-19(10-8-15)25-11-12-26-19)20-18(22)24-13-14-5-3-2-4-6-14/h2-6,11-12,15-16H,7-10,13H2,1H3,(H,20,22). The minimum atomic E-state index is -0.755. The lowest BCUT2D eigenvalue weighted by Gasteiger charge is -2.37. The van der Waals surface area contributed by atoms with Crippen LogP contribution < -0.4 is 5.32 Å². The molecule has 2 aliphatic rings. The summed E-state index contributed by atoms with van der Waals surface area (Å²) in [7, 11) is 1.31. The zero-order chi connectivity index (χ0) is 18.4. The first-order chi connectivity index (χ1) is 12.6. The number of methoxy groups -OCH3 is 1. The summed E-state index contributed by atoms with van der Waals surface area (Å²) in [5.74, 6) is -1.16. The maximum Gasteiger partial charge on any atom is 0.408 e. The van der Waals surface area contributed by atoms with Crippen molar-refractivity contribution in [3.63, 3.8) is 0 Å². The SMILES string of the molecule is COC(=O)C(NC(=O)OCc1ccccc1)C1CCC2(CC1)OC=CO2. The summed E-state index contributed by atoms with van der Waals surface area (Å²) in [4.78, 5) is 24.3. The summed E-state index contributed by atoms with van der Waals surface area (Å²) in [6, 6.07) is 8.60. The van der Waals surface area contributed by atoms with Crippen molar-refractivity contribution in [2.24, 2.45) is 5.92 Å². The third kappa shape index (κ3) is 4.28. The van der Waals surface area contributed by atoms with Gasteiger partial charge in [-0.1, -0.05) is 30.3 Å². The number of amides is 1. The van der Waals surface area contributed by atoms with Gasteiger partial charge < -0.3 is 24.3 Å². The first kappa shape index (κ1) is 18.1. The van der Waals surface area contributed by atoms with Gasteiger partial charge in [0, 0.05) is 12.8 Å². The Balaban J connectivity index is 1.54. The van der Waals surface area contributed by atoms with E-state index in [1.807, 2.05) is 30.3 Å². The van der Waals surface area contributed by atoms with E-state index in [1.165, 1.54) is 19.6 Å². The molecule has 1 fully saturated rings. The fourth-order valence-corrected chi connectivity index (χ4v) is 3.37.